The Morgan fingerprint density at radius 2 is 1.30 bits per heavy atom. The molecule has 0 bridgehead atoms. The molecule has 0 saturated carbocycles. The van der Waals surface area contributed by atoms with Crippen LogP contribution in [0.4, 0.5) is 0 Å². The molecule has 3 aromatic carbocycles. The van der Waals surface area contributed by atoms with Gasteiger partial charge in [0.2, 0.25) is 5.69 Å². The number of nitrogens with zero attached hydrogens (tertiary/aromatic N) is 3. The summed E-state index contributed by atoms with van der Waals surface area (Å²) in [4.78, 5) is 4.60. The van der Waals surface area contributed by atoms with Gasteiger partial charge in [-0.05, 0) is 41.8 Å². The van der Waals surface area contributed by atoms with E-state index < -0.39 is 0 Å². The first kappa shape index (κ1) is 22.7. The van der Waals surface area contributed by atoms with Crippen LogP contribution in [0.25, 0.3) is 50.6 Å². The molecule has 0 atom stereocenters. The molecule has 3 nitrogen and oxygen atoms in total. The highest BCUT2D eigenvalue weighted by Crippen LogP contribution is 2.39. The Labute approximate surface area is 218 Å². The van der Waals surface area contributed by atoms with Gasteiger partial charge in [-0.15, -0.1) is 0 Å². The second-order valence-electron chi connectivity index (χ2n) is 9.28. The Hall–Kier alpha value is -4.76. The minimum Gasteiger partial charge on any atom is -0.310 e. The second-order valence-corrected chi connectivity index (χ2v) is 9.28. The summed E-state index contributed by atoms with van der Waals surface area (Å²) in [7, 11) is 2.11. The predicted molar refractivity (Wildman–Crippen MR) is 151 cm³/mol. The molecule has 0 aliphatic rings. The first-order valence-electron chi connectivity index (χ1n) is 12.5. The molecule has 0 amide bonds. The summed E-state index contributed by atoms with van der Waals surface area (Å²) in [5.41, 5.74) is 11.5. The standard InChI is InChI=1S/C34H28N3/c1-25-19-23-37(33(25)32-24-28(20-22-36(32)2)31-18-9-10-21-35-31)34-29(26-12-5-3-6-13-26)16-11-17-30(34)27-14-7-4-8-15-27/h3-24H,1-2H3/q+1. The van der Waals surface area contributed by atoms with Crippen LogP contribution in [0.15, 0.2) is 134 Å². The quantitative estimate of drug-likeness (QED) is 0.233. The van der Waals surface area contributed by atoms with Gasteiger partial charge in [-0.25, -0.2) is 0 Å². The molecule has 3 aromatic heterocycles. The lowest BCUT2D eigenvalue weighted by molar-refractivity contribution is -0.660. The van der Waals surface area contributed by atoms with E-state index in [1.165, 1.54) is 39.2 Å². The predicted octanol–water partition coefficient (Wildman–Crippen LogP) is 7.67. The van der Waals surface area contributed by atoms with Crippen LogP contribution in [0.2, 0.25) is 0 Å². The molecule has 6 aromatic rings. The molecular formula is C34H28N3+. The van der Waals surface area contributed by atoms with Crippen LogP contribution < -0.4 is 4.57 Å². The summed E-state index contributed by atoms with van der Waals surface area (Å²) in [6.07, 6.45) is 6.17. The Balaban J connectivity index is 1.63. The highest BCUT2D eigenvalue weighted by Gasteiger charge is 2.23. The maximum atomic E-state index is 4.60. The van der Waals surface area contributed by atoms with E-state index in [-0.39, 0.29) is 0 Å². The van der Waals surface area contributed by atoms with Gasteiger partial charge in [-0.3, -0.25) is 4.98 Å². The van der Waals surface area contributed by atoms with Gasteiger partial charge in [-0.1, -0.05) is 84.9 Å². The fourth-order valence-corrected chi connectivity index (χ4v) is 5.04. The van der Waals surface area contributed by atoms with Crippen LogP contribution in [0.1, 0.15) is 5.56 Å². The zero-order valence-electron chi connectivity index (χ0n) is 21.0. The van der Waals surface area contributed by atoms with E-state index in [4.69, 9.17) is 0 Å². The Morgan fingerprint density at radius 1 is 0.649 bits per heavy atom. The molecule has 6 rings (SSSR count). The van der Waals surface area contributed by atoms with Gasteiger partial charge < -0.3 is 4.57 Å². The topological polar surface area (TPSA) is 21.7 Å². The van der Waals surface area contributed by atoms with E-state index >= 15 is 0 Å². The normalized spacial score (nSPS) is 11.0. The molecule has 0 aliphatic carbocycles. The van der Waals surface area contributed by atoms with Crippen molar-refractivity contribution in [3.63, 3.8) is 0 Å². The van der Waals surface area contributed by atoms with Crippen molar-refractivity contribution < 1.29 is 4.57 Å². The lowest BCUT2D eigenvalue weighted by atomic mass is 9.95. The fraction of sp³-hybridized carbons (Fsp3) is 0.0588. The summed E-state index contributed by atoms with van der Waals surface area (Å²) in [5, 5.41) is 0. The zero-order valence-corrected chi connectivity index (χ0v) is 21.0. The highest BCUT2D eigenvalue weighted by atomic mass is 15.0. The van der Waals surface area contributed by atoms with E-state index in [1.54, 1.807) is 0 Å². The Morgan fingerprint density at radius 3 is 1.92 bits per heavy atom. The van der Waals surface area contributed by atoms with Crippen molar-refractivity contribution in [2.24, 2.45) is 7.05 Å². The SMILES string of the molecule is Cc1ccn(-c2c(-c3ccccc3)cccc2-c2ccccc2)c1-c1cc(-c2ccccn2)cc[n+]1C. The zero-order chi connectivity index (χ0) is 25.2. The first-order valence-corrected chi connectivity index (χ1v) is 12.5. The lowest BCUT2D eigenvalue weighted by Crippen LogP contribution is -2.31. The van der Waals surface area contributed by atoms with Gasteiger partial charge in [-0.2, -0.15) is 4.57 Å². The molecule has 37 heavy (non-hydrogen) atoms. The van der Waals surface area contributed by atoms with Gasteiger partial charge >= 0.3 is 0 Å². The summed E-state index contributed by atoms with van der Waals surface area (Å²) >= 11 is 0. The van der Waals surface area contributed by atoms with E-state index in [0.29, 0.717) is 0 Å². The number of pyridine rings is 2. The Bertz CT molecular complexity index is 1610. The number of rotatable bonds is 5. The van der Waals surface area contributed by atoms with Crippen molar-refractivity contribution in [1.29, 1.82) is 0 Å². The maximum Gasteiger partial charge on any atom is 0.230 e. The minimum atomic E-state index is 0.967. The van der Waals surface area contributed by atoms with Crippen LogP contribution in [0.3, 0.4) is 0 Å². The number of aryl methyl sites for hydroxylation is 2. The fourth-order valence-electron chi connectivity index (χ4n) is 5.04. The third-order valence-corrected chi connectivity index (χ3v) is 6.89. The monoisotopic (exact) mass is 478 g/mol. The third-order valence-electron chi connectivity index (χ3n) is 6.89. The molecule has 0 radical (unpaired) electrons. The largest absolute Gasteiger partial charge is 0.310 e. The molecule has 3 heteroatoms. The van der Waals surface area contributed by atoms with Crippen LogP contribution in [0.5, 0.6) is 0 Å². The summed E-state index contributed by atoms with van der Waals surface area (Å²) in [6.45, 7) is 2.19. The number of benzene rings is 3. The van der Waals surface area contributed by atoms with Crippen molar-refractivity contribution >= 4 is 0 Å². The minimum absolute atomic E-state index is 0.967. The van der Waals surface area contributed by atoms with Gasteiger partial charge in [0.05, 0.1) is 11.4 Å². The lowest BCUT2D eigenvalue weighted by Gasteiger charge is -2.19. The van der Waals surface area contributed by atoms with Crippen LogP contribution in [-0.4, -0.2) is 9.55 Å². The summed E-state index contributed by atoms with van der Waals surface area (Å²) < 4.78 is 4.55. The van der Waals surface area contributed by atoms with Gasteiger partial charge in [0.15, 0.2) is 6.20 Å². The average Bonchev–Trinajstić information content (AvgIpc) is 3.35. The summed E-state index contributed by atoms with van der Waals surface area (Å²) in [5.74, 6) is 0. The molecule has 0 fully saturated rings. The van der Waals surface area contributed by atoms with Gasteiger partial charge in [0.1, 0.15) is 12.7 Å². The Kier molecular flexibility index (Phi) is 5.95. The molecule has 0 N–H and O–H groups in total. The highest BCUT2D eigenvalue weighted by molar-refractivity contribution is 5.87. The number of hydrogen-bond donors (Lipinski definition) is 0. The van der Waals surface area contributed by atoms with Crippen LogP contribution >= 0.6 is 0 Å². The van der Waals surface area contributed by atoms with E-state index in [1.807, 2.05) is 18.3 Å². The number of hydrogen-bond acceptors (Lipinski definition) is 1. The van der Waals surface area contributed by atoms with Crippen molar-refractivity contribution in [2.75, 3.05) is 0 Å². The summed E-state index contributed by atoms with van der Waals surface area (Å²) in [6, 6.07) is 40.5. The second kappa shape index (κ2) is 9.71. The van der Waals surface area contributed by atoms with Crippen molar-refractivity contribution in [2.45, 2.75) is 6.92 Å². The number of aromatic nitrogens is 3. The number of para-hydroxylation sites is 1. The van der Waals surface area contributed by atoms with Gasteiger partial charge in [0.25, 0.3) is 0 Å². The molecule has 3 heterocycles. The smallest absolute Gasteiger partial charge is 0.230 e. The molecule has 0 aliphatic heterocycles. The van der Waals surface area contributed by atoms with E-state index in [9.17, 15) is 0 Å². The molecule has 0 spiro atoms. The van der Waals surface area contributed by atoms with Crippen molar-refractivity contribution in [1.82, 2.24) is 9.55 Å². The van der Waals surface area contributed by atoms with Crippen LogP contribution in [-0.2, 0) is 7.05 Å². The first-order chi connectivity index (χ1) is 18.2. The van der Waals surface area contributed by atoms with Crippen molar-refractivity contribution in [3.8, 4) is 50.6 Å². The van der Waals surface area contributed by atoms with Gasteiger partial charge in [0, 0.05) is 41.2 Å². The van der Waals surface area contributed by atoms with E-state index in [2.05, 4.69) is 144 Å². The maximum absolute atomic E-state index is 4.60. The molecule has 0 unspecified atom stereocenters. The average molecular weight is 479 g/mol. The molecule has 0 saturated heterocycles. The van der Waals surface area contributed by atoms with Crippen LogP contribution in [0, 0.1) is 6.92 Å². The molecule has 178 valence electrons. The molecular weight excluding hydrogens is 450 g/mol. The third kappa shape index (κ3) is 4.25. The van der Waals surface area contributed by atoms with Crippen molar-refractivity contribution in [3.05, 3.63) is 139 Å². The van der Waals surface area contributed by atoms with E-state index in [0.717, 1.165) is 17.0 Å².